The van der Waals surface area contributed by atoms with Crippen molar-refractivity contribution in [1.82, 2.24) is 4.31 Å². The van der Waals surface area contributed by atoms with Crippen LogP contribution in [0.4, 0.5) is 0 Å². The van der Waals surface area contributed by atoms with Crippen molar-refractivity contribution >= 4 is 15.8 Å². The van der Waals surface area contributed by atoms with Crippen molar-refractivity contribution in [2.45, 2.75) is 30.1 Å². The molecule has 2 saturated heterocycles. The maximum atomic E-state index is 12.4. The first kappa shape index (κ1) is 9.36. The first-order chi connectivity index (χ1) is 7.58. The van der Waals surface area contributed by atoms with Crippen molar-refractivity contribution in [2.75, 3.05) is 6.54 Å². The molecule has 0 unspecified atom stereocenters. The average Bonchev–Trinajstić information content (AvgIpc) is 2.75. The van der Waals surface area contributed by atoms with Crippen LogP contribution in [0.1, 0.15) is 19.3 Å². The van der Waals surface area contributed by atoms with Gasteiger partial charge in [-0.1, -0.05) is 12.2 Å². The van der Waals surface area contributed by atoms with Crippen LogP contribution in [0.2, 0.25) is 0 Å². The molecule has 0 radical (unpaired) electrons. The van der Waals surface area contributed by atoms with Crippen molar-refractivity contribution in [3.8, 4) is 0 Å². The van der Waals surface area contributed by atoms with Crippen LogP contribution in [-0.4, -0.2) is 35.8 Å². The minimum atomic E-state index is -3.21. The van der Waals surface area contributed by atoms with Gasteiger partial charge in [0.25, 0.3) is 0 Å². The molecule has 4 nitrogen and oxygen atoms in total. The SMILES string of the molecule is O=C1[C@H]2C=C[C@@H]3[C@H](C2)S(=O)(=O)N2CCC[C@@]132. The summed E-state index contributed by atoms with van der Waals surface area (Å²) in [5, 5.41) is -0.319. The summed E-state index contributed by atoms with van der Waals surface area (Å²) in [5.41, 5.74) is -0.666. The van der Waals surface area contributed by atoms with Crippen molar-refractivity contribution in [1.29, 1.82) is 0 Å². The second kappa shape index (κ2) is 2.43. The highest BCUT2D eigenvalue weighted by molar-refractivity contribution is 7.90. The predicted octanol–water partition coefficient (Wildman–Crippen LogP) is 0.308. The molecule has 5 aliphatic rings. The van der Waals surface area contributed by atoms with Gasteiger partial charge in [-0.05, 0) is 19.3 Å². The highest BCUT2D eigenvalue weighted by atomic mass is 32.2. The van der Waals surface area contributed by atoms with Crippen LogP contribution < -0.4 is 0 Å². The zero-order valence-corrected chi connectivity index (χ0v) is 9.61. The molecule has 5 heteroatoms. The van der Waals surface area contributed by atoms with E-state index in [-0.39, 0.29) is 22.9 Å². The Kier molecular flexibility index (Phi) is 1.42. The lowest BCUT2D eigenvalue weighted by Gasteiger charge is -2.42. The van der Waals surface area contributed by atoms with Gasteiger partial charge >= 0.3 is 0 Å². The molecule has 0 amide bonds. The number of hydrogen-bond donors (Lipinski definition) is 0. The number of nitrogens with zero attached hydrogens (tertiary/aromatic N) is 1. The Morgan fingerprint density at radius 2 is 2.19 bits per heavy atom. The molecule has 3 aliphatic carbocycles. The lowest BCUT2D eigenvalue weighted by molar-refractivity contribution is -0.134. The summed E-state index contributed by atoms with van der Waals surface area (Å²) in [7, 11) is -3.21. The lowest BCUT2D eigenvalue weighted by atomic mass is 9.62. The van der Waals surface area contributed by atoms with Crippen LogP contribution >= 0.6 is 0 Å². The van der Waals surface area contributed by atoms with Crippen LogP contribution in [0.25, 0.3) is 0 Å². The summed E-state index contributed by atoms with van der Waals surface area (Å²) >= 11 is 0. The summed E-state index contributed by atoms with van der Waals surface area (Å²) in [6, 6.07) is 0. The summed E-state index contributed by atoms with van der Waals surface area (Å²) in [4.78, 5) is 12.4. The molecule has 4 atom stereocenters. The molecule has 0 aromatic rings. The van der Waals surface area contributed by atoms with E-state index < -0.39 is 15.6 Å². The van der Waals surface area contributed by atoms with Gasteiger partial charge in [0.05, 0.1) is 5.25 Å². The maximum absolute atomic E-state index is 12.4. The quantitative estimate of drug-likeness (QED) is 0.572. The Morgan fingerprint density at radius 3 is 3.00 bits per heavy atom. The van der Waals surface area contributed by atoms with Gasteiger partial charge in [-0.2, -0.15) is 4.31 Å². The normalized spacial score (nSPS) is 52.2. The van der Waals surface area contributed by atoms with E-state index in [1.165, 1.54) is 4.31 Å². The highest BCUT2D eigenvalue weighted by Gasteiger charge is 2.71. The fourth-order valence-corrected chi connectivity index (χ4v) is 6.82. The molecule has 0 N–H and O–H groups in total. The average molecular weight is 239 g/mol. The van der Waals surface area contributed by atoms with Crippen LogP contribution in [0.5, 0.6) is 0 Å². The number of hydrogen-bond acceptors (Lipinski definition) is 3. The number of rotatable bonds is 0. The Hall–Kier alpha value is -0.680. The minimum Gasteiger partial charge on any atom is -0.297 e. The molecule has 3 fully saturated rings. The van der Waals surface area contributed by atoms with E-state index in [2.05, 4.69) is 0 Å². The summed E-state index contributed by atoms with van der Waals surface area (Å²) in [6.45, 7) is 0.543. The number of carbonyl (C=O) groups is 1. The van der Waals surface area contributed by atoms with Crippen molar-refractivity contribution in [3.63, 3.8) is 0 Å². The van der Waals surface area contributed by atoms with Crippen LogP contribution in [0, 0.1) is 11.8 Å². The Morgan fingerprint density at radius 1 is 1.38 bits per heavy atom. The van der Waals surface area contributed by atoms with E-state index in [4.69, 9.17) is 0 Å². The molecule has 16 heavy (non-hydrogen) atoms. The molecular formula is C11H13NO3S. The number of carbonyl (C=O) groups excluding carboxylic acids is 1. The number of sulfonamides is 1. The largest absolute Gasteiger partial charge is 0.297 e. The molecular weight excluding hydrogens is 226 g/mol. The topological polar surface area (TPSA) is 54.5 Å². The van der Waals surface area contributed by atoms with E-state index in [0.29, 0.717) is 13.0 Å². The zero-order chi connectivity index (χ0) is 11.1. The molecule has 0 aromatic carbocycles. The Labute approximate surface area is 94.4 Å². The summed E-state index contributed by atoms with van der Waals surface area (Å²) < 4.78 is 26.2. The van der Waals surface area contributed by atoms with E-state index in [1.807, 2.05) is 12.2 Å². The molecule has 2 aliphatic heterocycles. The third-order valence-corrected chi connectivity index (χ3v) is 7.18. The first-order valence-corrected chi connectivity index (χ1v) is 7.33. The van der Waals surface area contributed by atoms with Gasteiger partial charge in [0.1, 0.15) is 5.54 Å². The van der Waals surface area contributed by atoms with Gasteiger partial charge in [-0.15, -0.1) is 0 Å². The highest BCUT2D eigenvalue weighted by Crippen LogP contribution is 2.58. The Bertz CT molecular complexity index is 523. The van der Waals surface area contributed by atoms with Gasteiger partial charge in [-0.25, -0.2) is 8.42 Å². The fourth-order valence-electron chi connectivity index (χ4n) is 4.22. The smallest absolute Gasteiger partial charge is 0.218 e. The van der Waals surface area contributed by atoms with Gasteiger partial charge in [0.2, 0.25) is 10.0 Å². The van der Waals surface area contributed by atoms with Crippen molar-refractivity contribution < 1.29 is 13.2 Å². The van der Waals surface area contributed by atoms with E-state index in [9.17, 15) is 13.2 Å². The standard InChI is InChI=1S/C11H13NO3S/c13-10-7-2-3-8-9(6-7)16(14,15)12-5-1-4-11(8,10)12/h2-3,7-9H,1,4-6H2/t7-,8+,9-,11-/m0/s1. The van der Waals surface area contributed by atoms with Crippen molar-refractivity contribution in [2.24, 2.45) is 11.8 Å². The molecule has 2 heterocycles. The van der Waals surface area contributed by atoms with Crippen LogP contribution in [-0.2, 0) is 14.8 Å². The molecule has 1 saturated carbocycles. The lowest BCUT2D eigenvalue weighted by Crippen LogP contribution is -2.57. The van der Waals surface area contributed by atoms with E-state index in [1.54, 1.807) is 0 Å². The third kappa shape index (κ3) is 0.711. The fraction of sp³-hybridized carbons (Fsp3) is 0.727. The predicted molar refractivity (Wildman–Crippen MR) is 57.1 cm³/mol. The van der Waals surface area contributed by atoms with Crippen LogP contribution in [0.3, 0.4) is 0 Å². The Balaban J connectivity index is 2.06. The number of ketones is 1. The zero-order valence-electron chi connectivity index (χ0n) is 8.80. The minimum absolute atomic E-state index is 0.0718. The molecule has 86 valence electrons. The maximum Gasteiger partial charge on any atom is 0.218 e. The second-order valence-electron chi connectivity index (χ2n) is 5.30. The van der Waals surface area contributed by atoms with Crippen LogP contribution in [0.15, 0.2) is 12.2 Å². The van der Waals surface area contributed by atoms with Gasteiger partial charge < -0.3 is 0 Å². The molecule has 1 spiro atoms. The number of allylic oxidation sites excluding steroid dienone is 1. The molecule has 5 rings (SSSR count). The summed E-state index contributed by atoms with van der Waals surface area (Å²) in [5.74, 6) is -0.0554. The van der Waals surface area contributed by atoms with Gasteiger partial charge in [-0.3, -0.25) is 4.79 Å². The second-order valence-corrected chi connectivity index (χ2v) is 7.38. The monoisotopic (exact) mass is 239 g/mol. The van der Waals surface area contributed by atoms with Gasteiger partial charge in [0.15, 0.2) is 5.78 Å². The van der Waals surface area contributed by atoms with Crippen molar-refractivity contribution in [3.05, 3.63) is 12.2 Å². The molecule has 4 bridgehead atoms. The summed E-state index contributed by atoms with van der Waals surface area (Å²) in [6.07, 6.45) is 5.98. The van der Waals surface area contributed by atoms with E-state index in [0.717, 1.165) is 12.8 Å². The number of Topliss-reactive ketones (excluding diaryl/α,β-unsaturated/α-hetero) is 1. The first-order valence-electron chi connectivity index (χ1n) is 5.83. The third-order valence-electron chi connectivity index (χ3n) is 4.81. The van der Waals surface area contributed by atoms with Gasteiger partial charge in [0, 0.05) is 18.4 Å². The molecule has 0 aromatic heterocycles. The van der Waals surface area contributed by atoms with E-state index >= 15 is 0 Å².